The molecule has 0 spiro atoms. The Labute approximate surface area is 89.1 Å². The average molecular weight is 206 g/mol. The largest absolute Gasteiger partial charge is 0.469 e. The molecule has 0 fully saturated rings. The Balaban J connectivity index is 2.69. The van der Waals surface area contributed by atoms with Crippen molar-refractivity contribution >= 4 is 5.91 Å². The number of nitriles is 1. The number of hydrogen-bond acceptors (Lipinski definition) is 3. The van der Waals surface area contributed by atoms with E-state index in [1.807, 2.05) is 13.0 Å². The highest BCUT2D eigenvalue weighted by Crippen LogP contribution is 2.09. The first-order chi connectivity index (χ1) is 7.19. The van der Waals surface area contributed by atoms with Crippen molar-refractivity contribution in [1.29, 1.82) is 5.26 Å². The molecule has 1 amide bonds. The van der Waals surface area contributed by atoms with Gasteiger partial charge in [-0.3, -0.25) is 4.79 Å². The Kier molecular flexibility index (Phi) is 3.92. The lowest BCUT2D eigenvalue weighted by molar-refractivity contribution is 0.0767. The second-order valence-electron chi connectivity index (χ2n) is 3.24. The zero-order valence-electron chi connectivity index (χ0n) is 8.99. The second-order valence-corrected chi connectivity index (χ2v) is 3.24. The lowest BCUT2D eigenvalue weighted by Crippen LogP contribution is -2.31. The molecule has 4 heteroatoms. The number of hydrogen-bond donors (Lipinski definition) is 0. The van der Waals surface area contributed by atoms with Gasteiger partial charge in [0.25, 0.3) is 5.91 Å². The van der Waals surface area contributed by atoms with Crippen LogP contribution in [0.3, 0.4) is 0 Å². The number of amides is 1. The molecule has 0 aromatic carbocycles. The monoisotopic (exact) mass is 206 g/mol. The van der Waals surface area contributed by atoms with Crippen LogP contribution in [0.4, 0.5) is 0 Å². The van der Waals surface area contributed by atoms with Crippen LogP contribution < -0.4 is 0 Å². The molecule has 0 saturated carbocycles. The molecular weight excluding hydrogens is 192 g/mol. The SMILES string of the molecule is CCN(CCC#N)C(=O)c1coc(C)c1. The van der Waals surface area contributed by atoms with Crippen molar-refractivity contribution in [3.8, 4) is 6.07 Å². The van der Waals surface area contributed by atoms with Crippen LogP contribution in [0.25, 0.3) is 0 Å². The van der Waals surface area contributed by atoms with E-state index in [0.29, 0.717) is 25.1 Å². The van der Waals surface area contributed by atoms with Crippen LogP contribution in [0.15, 0.2) is 16.7 Å². The Morgan fingerprint density at radius 3 is 2.87 bits per heavy atom. The van der Waals surface area contributed by atoms with E-state index in [-0.39, 0.29) is 5.91 Å². The highest BCUT2D eigenvalue weighted by atomic mass is 16.3. The fourth-order valence-electron chi connectivity index (χ4n) is 1.33. The maximum atomic E-state index is 11.9. The highest BCUT2D eigenvalue weighted by molar-refractivity contribution is 5.94. The smallest absolute Gasteiger partial charge is 0.257 e. The first-order valence-corrected chi connectivity index (χ1v) is 4.90. The summed E-state index contributed by atoms with van der Waals surface area (Å²) in [6.45, 7) is 4.76. The normalized spacial score (nSPS) is 9.67. The molecule has 0 saturated heterocycles. The molecule has 0 aliphatic carbocycles. The zero-order chi connectivity index (χ0) is 11.3. The first kappa shape index (κ1) is 11.3. The van der Waals surface area contributed by atoms with Gasteiger partial charge < -0.3 is 9.32 Å². The second kappa shape index (κ2) is 5.20. The lowest BCUT2D eigenvalue weighted by Gasteiger charge is -2.18. The van der Waals surface area contributed by atoms with E-state index in [2.05, 4.69) is 0 Å². The van der Waals surface area contributed by atoms with Gasteiger partial charge in [0.1, 0.15) is 12.0 Å². The van der Waals surface area contributed by atoms with Gasteiger partial charge in [0.05, 0.1) is 18.1 Å². The van der Waals surface area contributed by atoms with Crippen molar-refractivity contribution in [2.75, 3.05) is 13.1 Å². The van der Waals surface area contributed by atoms with Gasteiger partial charge in [-0.05, 0) is 19.9 Å². The van der Waals surface area contributed by atoms with Gasteiger partial charge >= 0.3 is 0 Å². The molecule has 0 bridgehead atoms. The molecule has 0 radical (unpaired) electrons. The Morgan fingerprint density at radius 2 is 2.40 bits per heavy atom. The number of furan rings is 1. The molecular formula is C11H14N2O2. The van der Waals surface area contributed by atoms with Gasteiger partial charge in [0.2, 0.25) is 0 Å². The predicted molar refractivity (Wildman–Crippen MR) is 55.3 cm³/mol. The van der Waals surface area contributed by atoms with Gasteiger partial charge in [0.15, 0.2) is 0 Å². The molecule has 80 valence electrons. The summed E-state index contributed by atoms with van der Waals surface area (Å²) in [5.74, 6) is 0.638. The average Bonchev–Trinajstić information content (AvgIpc) is 2.65. The van der Waals surface area contributed by atoms with Gasteiger partial charge in [-0.1, -0.05) is 0 Å². The minimum Gasteiger partial charge on any atom is -0.469 e. The van der Waals surface area contributed by atoms with E-state index in [1.165, 1.54) is 6.26 Å². The predicted octanol–water partition coefficient (Wildman–Crippen LogP) is 1.96. The summed E-state index contributed by atoms with van der Waals surface area (Å²) in [5, 5.41) is 8.46. The lowest BCUT2D eigenvalue weighted by atomic mass is 10.2. The van der Waals surface area contributed by atoms with Crippen LogP contribution in [0.2, 0.25) is 0 Å². The molecule has 0 unspecified atom stereocenters. The van der Waals surface area contributed by atoms with E-state index in [9.17, 15) is 4.79 Å². The minimum absolute atomic E-state index is 0.0791. The summed E-state index contributed by atoms with van der Waals surface area (Å²) in [4.78, 5) is 13.5. The Morgan fingerprint density at radius 1 is 1.67 bits per heavy atom. The standard InChI is InChI=1S/C11H14N2O2/c1-3-13(6-4-5-12)11(14)10-7-9(2)15-8-10/h7-8H,3-4,6H2,1-2H3. The summed E-state index contributed by atoms with van der Waals surface area (Å²) in [7, 11) is 0. The maximum Gasteiger partial charge on any atom is 0.257 e. The van der Waals surface area contributed by atoms with Crippen LogP contribution >= 0.6 is 0 Å². The molecule has 1 rings (SSSR count). The number of carbonyl (C=O) groups is 1. The molecule has 0 N–H and O–H groups in total. The van der Waals surface area contributed by atoms with Crippen molar-refractivity contribution in [2.24, 2.45) is 0 Å². The van der Waals surface area contributed by atoms with Crippen molar-refractivity contribution in [1.82, 2.24) is 4.90 Å². The minimum atomic E-state index is -0.0791. The number of rotatable bonds is 4. The van der Waals surface area contributed by atoms with E-state index in [0.717, 1.165) is 5.76 Å². The van der Waals surface area contributed by atoms with Crippen LogP contribution in [0.1, 0.15) is 29.5 Å². The molecule has 0 atom stereocenters. The number of carbonyl (C=O) groups excluding carboxylic acids is 1. The van der Waals surface area contributed by atoms with Crippen molar-refractivity contribution in [3.63, 3.8) is 0 Å². The maximum absolute atomic E-state index is 11.9. The topological polar surface area (TPSA) is 57.2 Å². The molecule has 15 heavy (non-hydrogen) atoms. The summed E-state index contributed by atoms with van der Waals surface area (Å²) in [5.41, 5.74) is 0.548. The number of aryl methyl sites for hydroxylation is 1. The quantitative estimate of drug-likeness (QED) is 0.756. The van der Waals surface area contributed by atoms with Crippen LogP contribution in [0, 0.1) is 18.3 Å². The van der Waals surface area contributed by atoms with E-state index >= 15 is 0 Å². The third kappa shape index (κ3) is 2.84. The molecule has 0 aliphatic rings. The molecule has 1 aromatic heterocycles. The summed E-state index contributed by atoms with van der Waals surface area (Å²) >= 11 is 0. The molecule has 0 aliphatic heterocycles. The third-order valence-electron chi connectivity index (χ3n) is 2.14. The van der Waals surface area contributed by atoms with E-state index < -0.39 is 0 Å². The van der Waals surface area contributed by atoms with Gasteiger partial charge in [-0.15, -0.1) is 0 Å². The fourth-order valence-corrected chi connectivity index (χ4v) is 1.33. The van der Waals surface area contributed by atoms with Crippen molar-refractivity contribution in [3.05, 3.63) is 23.7 Å². The molecule has 1 heterocycles. The van der Waals surface area contributed by atoms with Gasteiger partial charge in [0, 0.05) is 13.1 Å². The van der Waals surface area contributed by atoms with Gasteiger partial charge in [-0.25, -0.2) is 0 Å². The molecule has 1 aromatic rings. The van der Waals surface area contributed by atoms with Crippen molar-refractivity contribution in [2.45, 2.75) is 20.3 Å². The number of nitrogens with zero attached hydrogens (tertiary/aromatic N) is 2. The van der Waals surface area contributed by atoms with E-state index in [4.69, 9.17) is 9.68 Å². The summed E-state index contributed by atoms with van der Waals surface area (Å²) < 4.78 is 5.07. The van der Waals surface area contributed by atoms with Crippen LogP contribution in [0.5, 0.6) is 0 Å². The van der Waals surface area contributed by atoms with Crippen molar-refractivity contribution < 1.29 is 9.21 Å². The van der Waals surface area contributed by atoms with Gasteiger partial charge in [-0.2, -0.15) is 5.26 Å². The van der Waals surface area contributed by atoms with Crippen LogP contribution in [-0.4, -0.2) is 23.9 Å². The fraction of sp³-hybridized carbons (Fsp3) is 0.455. The van der Waals surface area contributed by atoms with Crippen LogP contribution in [-0.2, 0) is 0 Å². The summed E-state index contributed by atoms with van der Waals surface area (Å²) in [6, 6.07) is 3.73. The summed E-state index contributed by atoms with van der Waals surface area (Å²) in [6.07, 6.45) is 1.81. The molecule has 4 nitrogen and oxygen atoms in total. The zero-order valence-corrected chi connectivity index (χ0v) is 8.99. The Bertz CT molecular complexity index is 376. The van der Waals surface area contributed by atoms with E-state index in [1.54, 1.807) is 17.9 Å². The first-order valence-electron chi connectivity index (χ1n) is 4.90. The Hall–Kier alpha value is -1.76. The highest BCUT2D eigenvalue weighted by Gasteiger charge is 2.15. The third-order valence-corrected chi connectivity index (χ3v) is 2.14.